The molecule has 70 valence electrons. The molecule has 0 atom stereocenters. The third-order valence-electron chi connectivity index (χ3n) is 1.18. The summed E-state index contributed by atoms with van der Waals surface area (Å²) >= 11 is 6.09. The molecule has 0 aromatic carbocycles. The average Bonchev–Trinajstić information content (AvgIpc) is 1.98. The zero-order chi connectivity index (χ0) is 9.72. The van der Waals surface area contributed by atoms with Crippen LogP contribution in [0.25, 0.3) is 0 Å². The molecule has 0 aliphatic heterocycles. The van der Waals surface area contributed by atoms with Gasteiger partial charge in [-0.1, -0.05) is 0 Å². The number of hydrogen-bond donors (Lipinski definition) is 0. The van der Waals surface area contributed by atoms with Gasteiger partial charge >= 0.3 is 0 Å². The van der Waals surface area contributed by atoms with Crippen molar-refractivity contribution in [2.24, 2.45) is 0 Å². The second kappa shape index (κ2) is 5.53. The van der Waals surface area contributed by atoms with Crippen LogP contribution in [0.4, 0.5) is 0 Å². The van der Waals surface area contributed by atoms with Crippen LogP contribution in [0, 0.1) is 0 Å². The molecule has 12 heavy (non-hydrogen) atoms. The Morgan fingerprint density at radius 3 is 1.42 bits per heavy atom. The maximum atomic E-state index is 10.7. The highest BCUT2D eigenvalue weighted by Crippen LogP contribution is 2.02. The van der Waals surface area contributed by atoms with Crippen LogP contribution in [-0.2, 0) is 9.59 Å². The van der Waals surface area contributed by atoms with Crippen LogP contribution in [0.15, 0.2) is 0 Å². The average molecular weight is 302 g/mol. The lowest BCUT2D eigenvalue weighted by Crippen LogP contribution is -2.29. The van der Waals surface area contributed by atoms with Crippen molar-refractivity contribution < 1.29 is 9.59 Å². The second-order valence-electron chi connectivity index (χ2n) is 2.21. The van der Waals surface area contributed by atoms with Gasteiger partial charge in [0.25, 0.3) is 0 Å². The molecule has 0 aromatic heterocycles. The van der Waals surface area contributed by atoms with Gasteiger partial charge in [0.05, 0.1) is 45.4 Å². The van der Waals surface area contributed by atoms with Crippen molar-refractivity contribution in [2.75, 3.05) is 13.1 Å². The Labute approximate surface area is 88.6 Å². The fourth-order valence-corrected chi connectivity index (χ4v) is 0.808. The van der Waals surface area contributed by atoms with Crippen molar-refractivity contribution in [3.63, 3.8) is 0 Å². The molecule has 0 spiro atoms. The molecule has 2 amide bonds. The lowest BCUT2D eigenvalue weighted by atomic mass is 10.5. The van der Waals surface area contributed by atoms with E-state index in [2.05, 4.69) is 32.3 Å². The molecule has 0 heterocycles. The number of halogens is 2. The van der Waals surface area contributed by atoms with E-state index in [1.165, 1.54) is 21.7 Å². The van der Waals surface area contributed by atoms with E-state index < -0.39 is 0 Å². The molecular weight excluding hydrogens is 292 g/mol. The zero-order valence-electron chi connectivity index (χ0n) is 6.88. The van der Waals surface area contributed by atoms with Crippen LogP contribution in [0.3, 0.4) is 0 Å². The normalized spacial score (nSPS) is 9.33. The maximum Gasteiger partial charge on any atom is 0.229 e. The Kier molecular flexibility index (Phi) is 5.48. The number of hydrogen-bond acceptors (Lipinski definition) is 2. The van der Waals surface area contributed by atoms with Gasteiger partial charge in [-0.05, 0) is 0 Å². The minimum Gasteiger partial charge on any atom is -0.277 e. The Balaban J connectivity index is 3.68. The Hall–Kier alpha value is -0.100. The van der Waals surface area contributed by atoms with Gasteiger partial charge in [-0.3, -0.25) is 17.4 Å². The van der Waals surface area contributed by atoms with Crippen LogP contribution < -0.4 is 0 Å². The molecular formula is C6H10Br2N2O2. The minimum atomic E-state index is -0.0838. The highest BCUT2D eigenvalue weighted by molar-refractivity contribution is 9.08. The fraction of sp³-hybridized carbons (Fsp3) is 0.667. The molecule has 0 radical (unpaired) electrons. The van der Waals surface area contributed by atoms with Crippen LogP contribution in [-0.4, -0.2) is 32.8 Å². The molecule has 0 rings (SSSR count). The summed E-state index contributed by atoms with van der Waals surface area (Å²) < 4.78 is 2.73. The summed E-state index contributed by atoms with van der Waals surface area (Å²) in [5.74, 6) is -0.168. The summed E-state index contributed by atoms with van der Waals surface area (Å²) in [4.78, 5) is 21.4. The van der Waals surface area contributed by atoms with E-state index in [1.807, 2.05) is 0 Å². The minimum absolute atomic E-state index is 0.0838. The van der Waals surface area contributed by atoms with E-state index >= 15 is 0 Å². The van der Waals surface area contributed by atoms with Gasteiger partial charge in [0, 0.05) is 13.8 Å². The fourth-order valence-electron chi connectivity index (χ4n) is 0.490. The van der Waals surface area contributed by atoms with Crippen molar-refractivity contribution in [1.29, 1.82) is 0 Å². The number of nitrogens with zero attached hydrogens (tertiary/aromatic N) is 2. The number of rotatable bonds is 3. The van der Waals surface area contributed by atoms with E-state index in [4.69, 9.17) is 0 Å². The summed E-state index contributed by atoms with van der Waals surface area (Å²) in [5.41, 5.74) is 0. The summed E-state index contributed by atoms with van der Waals surface area (Å²) in [6.07, 6.45) is 0. The first-order valence-electron chi connectivity index (χ1n) is 3.33. The molecule has 0 aromatic rings. The van der Waals surface area contributed by atoms with Gasteiger partial charge in [0.15, 0.2) is 0 Å². The van der Waals surface area contributed by atoms with Gasteiger partial charge in [-0.2, -0.15) is 0 Å². The van der Waals surface area contributed by atoms with Gasteiger partial charge in [-0.15, -0.1) is 0 Å². The van der Waals surface area contributed by atoms with Crippen LogP contribution >= 0.6 is 32.3 Å². The zero-order valence-corrected chi connectivity index (χ0v) is 10.1. The Morgan fingerprint density at radius 1 is 1.00 bits per heavy atom. The first-order valence-corrected chi connectivity index (χ1v) is 4.74. The third kappa shape index (κ3) is 4.71. The van der Waals surface area contributed by atoms with Crippen LogP contribution in [0.2, 0.25) is 0 Å². The molecule has 0 bridgehead atoms. The van der Waals surface area contributed by atoms with Gasteiger partial charge < -0.3 is 0 Å². The van der Waals surface area contributed by atoms with Crippen molar-refractivity contribution in [3.8, 4) is 0 Å². The molecule has 4 nitrogen and oxygen atoms in total. The number of carbonyl (C=O) groups excluding carboxylic acids is 2. The van der Waals surface area contributed by atoms with E-state index in [0.29, 0.717) is 13.1 Å². The van der Waals surface area contributed by atoms with Crippen LogP contribution in [0.5, 0.6) is 0 Å². The van der Waals surface area contributed by atoms with E-state index in [9.17, 15) is 9.59 Å². The smallest absolute Gasteiger partial charge is 0.229 e. The number of carbonyl (C=O) groups is 2. The molecule has 0 unspecified atom stereocenters. The largest absolute Gasteiger partial charge is 0.277 e. The van der Waals surface area contributed by atoms with Crippen molar-refractivity contribution >= 4 is 44.1 Å². The molecule has 0 fully saturated rings. The molecule has 0 aliphatic carbocycles. The summed E-state index contributed by atoms with van der Waals surface area (Å²) in [6, 6.07) is 0. The predicted octanol–water partition coefficient (Wildman–Crippen LogP) is 1.30. The highest BCUT2D eigenvalue weighted by atomic mass is 79.9. The maximum absolute atomic E-state index is 10.7. The SMILES string of the molecule is CC(=O)N(Br)CCN(Br)C(C)=O. The highest BCUT2D eigenvalue weighted by Gasteiger charge is 2.08. The topological polar surface area (TPSA) is 40.6 Å². The molecule has 0 aliphatic rings. The third-order valence-corrected chi connectivity index (χ3v) is 2.88. The lowest BCUT2D eigenvalue weighted by Gasteiger charge is -2.16. The summed E-state index contributed by atoms with van der Waals surface area (Å²) in [7, 11) is 0. The van der Waals surface area contributed by atoms with Crippen LogP contribution in [0.1, 0.15) is 13.8 Å². The predicted molar refractivity (Wildman–Crippen MR) is 52.6 cm³/mol. The van der Waals surface area contributed by atoms with E-state index in [-0.39, 0.29) is 11.8 Å². The molecule has 0 saturated carbocycles. The quantitative estimate of drug-likeness (QED) is 0.737. The summed E-state index contributed by atoms with van der Waals surface area (Å²) in [5, 5.41) is 0. The number of amides is 2. The standard InChI is InChI=1S/C6H10Br2N2O2/c1-5(11)9(7)3-4-10(8)6(2)12/h3-4H2,1-2H3. The van der Waals surface area contributed by atoms with Gasteiger partial charge in [0.2, 0.25) is 11.8 Å². The van der Waals surface area contributed by atoms with Crippen molar-refractivity contribution in [3.05, 3.63) is 0 Å². The first-order chi connectivity index (χ1) is 5.45. The van der Waals surface area contributed by atoms with E-state index in [1.54, 1.807) is 0 Å². The monoisotopic (exact) mass is 300 g/mol. The lowest BCUT2D eigenvalue weighted by molar-refractivity contribution is -0.126. The second-order valence-corrected chi connectivity index (χ2v) is 3.92. The van der Waals surface area contributed by atoms with Gasteiger partial charge in [0.1, 0.15) is 0 Å². The summed E-state index contributed by atoms with van der Waals surface area (Å²) in [6.45, 7) is 3.81. The van der Waals surface area contributed by atoms with Crippen molar-refractivity contribution in [2.45, 2.75) is 13.8 Å². The Morgan fingerprint density at radius 2 is 1.25 bits per heavy atom. The molecule has 6 heteroatoms. The Bertz CT molecular complexity index is 166. The van der Waals surface area contributed by atoms with E-state index in [0.717, 1.165) is 0 Å². The van der Waals surface area contributed by atoms with Crippen molar-refractivity contribution in [1.82, 2.24) is 7.85 Å². The molecule has 0 N–H and O–H groups in total. The molecule has 0 saturated heterocycles. The van der Waals surface area contributed by atoms with Gasteiger partial charge in [-0.25, -0.2) is 0 Å². The first kappa shape index (κ1) is 11.9.